The van der Waals surface area contributed by atoms with Gasteiger partial charge in [-0.2, -0.15) is 0 Å². The molecule has 0 bridgehead atoms. The normalized spacial score (nSPS) is 13.7. The first kappa shape index (κ1) is 43.3. The average molecular weight is 663 g/mol. The lowest BCUT2D eigenvalue weighted by molar-refractivity contribution is -0.144. The van der Waals surface area contributed by atoms with E-state index in [2.05, 4.69) is 48.0 Å². The van der Waals surface area contributed by atoms with Crippen molar-refractivity contribution in [2.45, 2.75) is 168 Å². The van der Waals surface area contributed by atoms with Crippen LogP contribution in [0, 0.1) is 0 Å². The van der Waals surface area contributed by atoms with Crippen molar-refractivity contribution in [3.05, 3.63) is 24.3 Å². The van der Waals surface area contributed by atoms with Crippen molar-refractivity contribution in [1.82, 2.24) is 9.80 Å². The van der Waals surface area contributed by atoms with Crippen LogP contribution in [0.3, 0.4) is 0 Å². The van der Waals surface area contributed by atoms with Gasteiger partial charge in [-0.25, -0.2) is 0 Å². The molecule has 1 fully saturated rings. The molecular formula is C40H74N2O5. The number of carbonyl (C=O) groups excluding carboxylic acids is 2. The van der Waals surface area contributed by atoms with Crippen LogP contribution in [0.1, 0.15) is 162 Å². The van der Waals surface area contributed by atoms with E-state index in [0.717, 1.165) is 110 Å². The number of aliphatic hydroxyl groups excluding tert-OH is 1. The smallest absolute Gasteiger partial charge is 0.305 e. The van der Waals surface area contributed by atoms with Crippen LogP contribution in [0.25, 0.3) is 0 Å². The lowest BCUT2D eigenvalue weighted by Crippen LogP contribution is -2.45. The molecule has 0 unspecified atom stereocenters. The highest BCUT2D eigenvalue weighted by Gasteiger charge is 2.24. The first-order valence-corrected chi connectivity index (χ1v) is 19.8. The van der Waals surface area contributed by atoms with E-state index >= 15 is 0 Å². The molecule has 0 heterocycles. The maximum atomic E-state index is 12.2. The van der Waals surface area contributed by atoms with E-state index in [1.165, 1.54) is 57.8 Å². The first-order valence-electron chi connectivity index (χ1n) is 19.8. The molecule has 0 aromatic rings. The number of carbonyl (C=O) groups is 2. The van der Waals surface area contributed by atoms with Gasteiger partial charge in [0, 0.05) is 38.5 Å². The maximum Gasteiger partial charge on any atom is 0.305 e. The van der Waals surface area contributed by atoms with Crippen LogP contribution in [-0.4, -0.2) is 85.4 Å². The van der Waals surface area contributed by atoms with Crippen molar-refractivity contribution in [1.29, 1.82) is 0 Å². The number of hydrogen-bond donors (Lipinski definition) is 1. The Labute approximate surface area is 289 Å². The van der Waals surface area contributed by atoms with Crippen LogP contribution in [-0.2, 0) is 19.1 Å². The van der Waals surface area contributed by atoms with Gasteiger partial charge in [-0.3, -0.25) is 14.5 Å². The van der Waals surface area contributed by atoms with E-state index in [4.69, 9.17) is 9.47 Å². The summed E-state index contributed by atoms with van der Waals surface area (Å²) in [6, 6.07) is 0.629. The van der Waals surface area contributed by atoms with Gasteiger partial charge in [0.05, 0.1) is 19.8 Å². The van der Waals surface area contributed by atoms with Gasteiger partial charge in [-0.1, -0.05) is 83.1 Å². The SMILES string of the molecule is CCCCC/C=C\CCCOC(=O)CCCCCN(CCCCCC(=O)OCCC/C=C\CCCCC)CCN(CCO)C1CCC1. The molecule has 7 nitrogen and oxygen atoms in total. The molecule has 1 aliphatic carbocycles. The summed E-state index contributed by atoms with van der Waals surface area (Å²) in [6.45, 7) is 10.5. The van der Waals surface area contributed by atoms with Crippen molar-refractivity contribution in [3.8, 4) is 0 Å². The maximum absolute atomic E-state index is 12.2. The summed E-state index contributed by atoms with van der Waals surface area (Å²) in [4.78, 5) is 29.3. The topological polar surface area (TPSA) is 79.3 Å². The number of nitrogens with zero attached hydrogens (tertiary/aromatic N) is 2. The summed E-state index contributed by atoms with van der Waals surface area (Å²) >= 11 is 0. The minimum atomic E-state index is -0.0675. The molecule has 0 radical (unpaired) electrons. The Morgan fingerprint density at radius 2 is 1.09 bits per heavy atom. The lowest BCUT2D eigenvalue weighted by Gasteiger charge is -2.38. The highest BCUT2D eigenvalue weighted by Crippen LogP contribution is 2.24. The molecule has 1 saturated carbocycles. The summed E-state index contributed by atoms with van der Waals surface area (Å²) in [5, 5.41) is 9.58. The number of rotatable bonds is 34. The van der Waals surface area contributed by atoms with Gasteiger partial charge in [0.2, 0.25) is 0 Å². The Hall–Kier alpha value is -1.70. The summed E-state index contributed by atoms with van der Waals surface area (Å²) < 4.78 is 10.9. The molecule has 0 aromatic heterocycles. The van der Waals surface area contributed by atoms with E-state index in [-0.39, 0.29) is 18.5 Å². The van der Waals surface area contributed by atoms with Crippen molar-refractivity contribution < 1.29 is 24.2 Å². The van der Waals surface area contributed by atoms with Gasteiger partial charge in [0.25, 0.3) is 0 Å². The Balaban J connectivity index is 2.23. The van der Waals surface area contributed by atoms with Crippen molar-refractivity contribution in [3.63, 3.8) is 0 Å². The molecule has 1 aliphatic rings. The molecule has 1 rings (SSSR count). The Morgan fingerprint density at radius 3 is 1.51 bits per heavy atom. The van der Waals surface area contributed by atoms with E-state index in [0.29, 0.717) is 32.1 Å². The van der Waals surface area contributed by atoms with Crippen LogP contribution < -0.4 is 0 Å². The van der Waals surface area contributed by atoms with E-state index in [9.17, 15) is 14.7 Å². The van der Waals surface area contributed by atoms with Crippen LogP contribution >= 0.6 is 0 Å². The predicted octanol–water partition coefficient (Wildman–Crippen LogP) is 9.18. The molecule has 0 aliphatic heterocycles. The zero-order valence-electron chi connectivity index (χ0n) is 30.8. The van der Waals surface area contributed by atoms with Crippen molar-refractivity contribution in [2.75, 3.05) is 52.5 Å². The number of aliphatic hydroxyl groups is 1. The number of hydrogen-bond acceptors (Lipinski definition) is 7. The summed E-state index contributed by atoms with van der Waals surface area (Å²) in [7, 11) is 0. The van der Waals surface area contributed by atoms with Gasteiger partial charge in [0.1, 0.15) is 0 Å². The van der Waals surface area contributed by atoms with Crippen molar-refractivity contribution >= 4 is 11.9 Å². The zero-order valence-corrected chi connectivity index (χ0v) is 30.8. The number of ether oxygens (including phenoxy) is 2. The predicted molar refractivity (Wildman–Crippen MR) is 197 cm³/mol. The van der Waals surface area contributed by atoms with Gasteiger partial charge >= 0.3 is 11.9 Å². The molecule has 0 amide bonds. The second-order valence-electron chi connectivity index (χ2n) is 13.5. The molecule has 1 N–H and O–H groups in total. The van der Waals surface area contributed by atoms with Crippen LogP contribution in [0.15, 0.2) is 24.3 Å². The van der Waals surface area contributed by atoms with Crippen LogP contribution in [0.5, 0.6) is 0 Å². The van der Waals surface area contributed by atoms with E-state index < -0.39 is 0 Å². The average Bonchev–Trinajstić information content (AvgIpc) is 3.04. The molecule has 0 atom stereocenters. The second kappa shape index (κ2) is 32.8. The Morgan fingerprint density at radius 1 is 0.596 bits per heavy atom. The fourth-order valence-corrected chi connectivity index (χ4v) is 5.94. The van der Waals surface area contributed by atoms with Crippen molar-refractivity contribution in [2.24, 2.45) is 0 Å². The zero-order chi connectivity index (χ0) is 34.0. The van der Waals surface area contributed by atoms with Crippen LogP contribution in [0.4, 0.5) is 0 Å². The van der Waals surface area contributed by atoms with E-state index in [1.54, 1.807) is 0 Å². The number of unbranched alkanes of at least 4 members (excludes halogenated alkanes) is 12. The fourth-order valence-electron chi connectivity index (χ4n) is 5.94. The third-order valence-electron chi connectivity index (χ3n) is 9.23. The summed E-state index contributed by atoms with van der Waals surface area (Å²) in [5.41, 5.74) is 0. The molecule has 0 saturated heterocycles. The minimum Gasteiger partial charge on any atom is -0.466 e. The Kier molecular flexibility index (Phi) is 30.3. The molecular weight excluding hydrogens is 588 g/mol. The second-order valence-corrected chi connectivity index (χ2v) is 13.5. The third-order valence-corrected chi connectivity index (χ3v) is 9.23. The molecule has 7 heteroatoms. The van der Waals surface area contributed by atoms with Gasteiger partial charge in [-0.05, 0) is 103 Å². The standard InChI is InChI=1S/C40H74N2O5/c1-3-5-7-9-11-13-15-23-36-46-39(44)28-19-17-21-30-41(32-33-42(34-35-43)38-26-25-27-38)31-22-18-20-29-40(45)47-37-24-16-14-12-10-8-6-4-2/h11-14,38,43H,3-10,15-37H2,1-2H3/b13-11-,14-12-. The van der Waals surface area contributed by atoms with Gasteiger partial charge in [-0.15, -0.1) is 0 Å². The highest BCUT2D eigenvalue weighted by atomic mass is 16.5. The lowest BCUT2D eigenvalue weighted by atomic mass is 9.91. The summed E-state index contributed by atoms with van der Waals surface area (Å²) in [6.07, 6.45) is 33.4. The third kappa shape index (κ3) is 26.9. The van der Waals surface area contributed by atoms with Gasteiger partial charge in [0.15, 0.2) is 0 Å². The number of esters is 2. The monoisotopic (exact) mass is 663 g/mol. The minimum absolute atomic E-state index is 0.0675. The van der Waals surface area contributed by atoms with Crippen LogP contribution in [0.2, 0.25) is 0 Å². The van der Waals surface area contributed by atoms with E-state index in [1.807, 2.05) is 0 Å². The molecule has 0 spiro atoms. The van der Waals surface area contributed by atoms with Gasteiger partial charge < -0.3 is 19.5 Å². The largest absolute Gasteiger partial charge is 0.466 e. The highest BCUT2D eigenvalue weighted by molar-refractivity contribution is 5.69. The molecule has 274 valence electrons. The fraction of sp³-hybridized carbons (Fsp3) is 0.850. The quantitative estimate of drug-likeness (QED) is 0.0418. The molecule has 47 heavy (non-hydrogen) atoms. The molecule has 0 aromatic carbocycles. The summed E-state index contributed by atoms with van der Waals surface area (Å²) in [5.74, 6) is -0.135. The Bertz CT molecular complexity index is 733. The number of allylic oxidation sites excluding steroid dienone is 4. The first-order chi connectivity index (χ1) is 23.1.